The lowest BCUT2D eigenvalue weighted by atomic mass is 10.1. The quantitative estimate of drug-likeness (QED) is 0.506. The molecular formula is C20H17N3O3S2. The van der Waals surface area contributed by atoms with Gasteiger partial charge in [0.2, 0.25) is 5.82 Å². The third kappa shape index (κ3) is 3.69. The van der Waals surface area contributed by atoms with Crippen LogP contribution in [0.25, 0.3) is 22.8 Å². The molecule has 142 valence electrons. The van der Waals surface area contributed by atoms with Crippen LogP contribution in [0.1, 0.15) is 11.1 Å². The summed E-state index contributed by atoms with van der Waals surface area (Å²) in [7, 11) is -3.57. The second-order valence-electron chi connectivity index (χ2n) is 6.36. The number of nitrogens with one attached hydrogen (secondary N) is 1. The predicted octanol–water partition coefficient (Wildman–Crippen LogP) is 4.88. The lowest BCUT2D eigenvalue weighted by molar-refractivity contribution is 0.432. The highest BCUT2D eigenvalue weighted by Crippen LogP contribution is 2.27. The molecule has 0 amide bonds. The first-order chi connectivity index (χ1) is 13.4. The normalized spacial score (nSPS) is 11.5. The van der Waals surface area contributed by atoms with Crippen LogP contribution < -0.4 is 4.72 Å². The number of rotatable bonds is 5. The highest BCUT2D eigenvalue weighted by Gasteiger charge is 2.16. The molecule has 1 N–H and O–H groups in total. The summed E-state index contributed by atoms with van der Waals surface area (Å²) >= 11 is 1.17. The summed E-state index contributed by atoms with van der Waals surface area (Å²) in [5.74, 6) is 0.901. The molecule has 6 nitrogen and oxygen atoms in total. The Kier molecular flexibility index (Phi) is 4.74. The zero-order valence-electron chi connectivity index (χ0n) is 15.2. The SMILES string of the molecule is Cc1ccc(-c2nc(-c3ccc(NS(=O)(=O)c4cccs4)cc3)no2)c(C)c1. The van der Waals surface area contributed by atoms with Gasteiger partial charge in [-0.15, -0.1) is 11.3 Å². The first kappa shape index (κ1) is 18.4. The molecule has 0 spiro atoms. The van der Waals surface area contributed by atoms with Crippen LogP contribution in [0, 0.1) is 13.8 Å². The monoisotopic (exact) mass is 411 g/mol. The van der Waals surface area contributed by atoms with E-state index in [1.807, 2.05) is 26.0 Å². The smallest absolute Gasteiger partial charge is 0.271 e. The lowest BCUT2D eigenvalue weighted by Crippen LogP contribution is -2.11. The molecule has 4 aromatic rings. The first-order valence-corrected chi connectivity index (χ1v) is 10.9. The first-order valence-electron chi connectivity index (χ1n) is 8.50. The van der Waals surface area contributed by atoms with E-state index in [4.69, 9.17) is 4.52 Å². The lowest BCUT2D eigenvalue weighted by Gasteiger charge is -2.06. The highest BCUT2D eigenvalue weighted by molar-refractivity contribution is 7.94. The third-order valence-electron chi connectivity index (χ3n) is 4.19. The number of benzene rings is 2. The Hall–Kier alpha value is -2.97. The van der Waals surface area contributed by atoms with E-state index in [0.717, 1.165) is 16.7 Å². The number of nitrogens with zero attached hydrogens (tertiary/aromatic N) is 2. The summed E-state index contributed by atoms with van der Waals surface area (Å²) in [6.45, 7) is 4.03. The minimum Gasteiger partial charge on any atom is -0.334 e. The van der Waals surface area contributed by atoms with Gasteiger partial charge in [-0.05, 0) is 61.2 Å². The Bertz CT molecular complexity index is 1210. The van der Waals surface area contributed by atoms with Crippen molar-refractivity contribution in [3.63, 3.8) is 0 Å². The predicted molar refractivity (Wildman–Crippen MR) is 110 cm³/mol. The fourth-order valence-electron chi connectivity index (χ4n) is 2.81. The van der Waals surface area contributed by atoms with Gasteiger partial charge in [-0.3, -0.25) is 4.72 Å². The number of anilines is 1. The van der Waals surface area contributed by atoms with Gasteiger partial charge in [0, 0.05) is 16.8 Å². The molecule has 0 unspecified atom stereocenters. The van der Waals surface area contributed by atoms with Crippen molar-refractivity contribution in [2.24, 2.45) is 0 Å². The van der Waals surface area contributed by atoms with E-state index >= 15 is 0 Å². The molecule has 0 fully saturated rings. The molecule has 28 heavy (non-hydrogen) atoms. The Labute approximate surface area is 166 Å². The van der Waals surface area contributed by atoms with Crippen LogP contribution in [0.3, 0.4) is 0 Å². The van der Waals surface area contributed by atoms with Gasteiger partial charge in [-0.2, -0.15) is 4.98 Å². The number of aromatic nitrogens is 2. The van der Waals surface area contributed by atoms with E-state index in [1.54, 1.807) is 41.8 Å². The number of hydrogen-bond acceptors (Lipinski definition) is 6. The Morgan fingerprint density at radius 2 is 1.82 bits per heavy atom. The number of hydrogen-bond donors (Lipinski definition) is 1. The molecule has 2 aromatic heterocycles. The second-order valence-corrected chi connectivity index (χ2v) is 9.21. The van der Waals surface area contributed by atoms with E-state index in [1.165, 1.54) is 16.9 Å². The van der Waals surface area contributed by atoms with E-state index in [0.29, 0.717) is 17.4 Å². The summed E-state index contributed by atoms with van der Waals surface area (Å²) in [5, 5.41) is 5.77. The zero-order chi connectivity index (χ0) is 19.7. The Balaban J connectivity index is 1.56. The van der Waals surface area contributed by atoms with Crippen molar-refractivity contribution in [2.75, 3.05) is 4.72 Å². The second kappa shape index (κ2) is 7.21. The van der Waals surface area contributed by atoms with Crippen LogP contribution in [0.5, 0.6) is 0 Å². The van der Waals surface area contributed by atoms with Gasteiger partial charge >= 0.3 is 0 Å². The van der Waals surface area contributed by atoms with Gasteiger partial charge in [-0.1, -0.05) is 28.9 Å². The summed E-state index contributed by atoms with van der Waals surface area (Å²) < 4.78 is 32.8. The van der Waals surface area contributed by atoms with Gasteiger partial charge in [0.25, 0.3) is 15.9 Å². The molecule has 2 heterocycles. The maximum absolute atomic E-state index is 12.3. The summed E-state index contributed by atoms with van der Waals surface area (Å²) in [4.78, 5) is 4.47. The fraction of sp³-hybridized carbons (Fsp3) is 0.100. The molecule has 0 saturated carbocycles. The van der Waals surface area contributed by atoms with E-state index in [2.05, 4.69) is 20.9 Å². The van der Waals surface area contributed by atoms with E-state index < -0.39 is 10.0 Å². The van der Waals surface area contributed by atoms with Crippen LogP contribution in [-0.4, -0.2) is 18.6 Å². The number of thiophene rings is 1. The standard InChI is InChI=1S/C20H17N3O3S2/c1-13-5-10-17(14(2)12-13)20-21-19(22-26-20)15-6-8-16(9-7-15)23-28(24,25)18-4-3-11-27-18/h3-12,23H,1-2H3. The van der Waals surface area contributed by atoms with Crippen molar-refractivity contribution in [3.8, 4) is 22.8 Å². The van der Waals surface area contributed by atoms with E-state index in [-0.39, 0.29) is 4.21 Å². The van der Waals surface area contributed by atoms with Gasteiger partial charge in [0.15, 0.2) is 0 Å². The van der Waals surface area contributed by atoms with Crippen molar-refractivity contribution in [3.05, 3.63) is 71.1 Å². The van der Waals surface area contributed by atoms with Crippen molar-refractivity contribution >= 4 is 27.0 Å². The summed E-state index contributed by atoms with van der Waals surface area (Å²) in [6, 6.07) is 16.1. The Morgan fingerprint density at radius 1 is 1.04 bits per heavy atom. The highest BCUT2D eigenvalue weighted by atomic mass is 32.2. The van der Waals surface area contributed by atoms with Crippen LogP contribution in [0.15, 0.2) is 68.7 Å². The minimum atomic E-state index is -3.57. The van der Waals surface area contributed by atoms with Crippen LogP contribution in [0.4, 0.5) is 5.69 Å². The molecule has 2 aromatic carbocycles. The molecule has 0 aliphatic rings. The fourth-order valence-corrected chi connectivity index (χ4v) is 4.86. The molecular weight excluding hydrogens is 394 g/mol. The molecule has 0 bridgehead atoms. The Morgan fingerprint density at radius 3 is 2.50 bits per heavy atom. The third-order valence-corrected chi connectivity index (χ3v) is 6.97. The number of aryl methyl sites for hydroxylation is 2. The maximum Gasteiger partial charge on any atom is 0.271 e. The summed E-state index contributed by atoms with van der Waals surface area (Å²) in [5.41, 5.74) is 4.33. The number of sulfonamides is 1. The van der Waals surface area contributed by atoms with Crippen LogP contribution in [-0.2, 0) is 10.0 Å². The zero-order valence-corrected chi connectivity index (χ0v) is 16.8. The molecule has 0 aliphatic carbocycles. The van der Waals surface area contributed by atoms with E-state index in [9.17, 15) is 8.42 Å². The van der Waals surface area contributed by atoms with Crippen LogP contribution in [0.2, 0.25) is 0 Å². The van der Waals surface area contributed by atoms with Gasteiger partial charge < -0.3 is 4.52 Å². The summed E-state index contributed by atoms with van der Waals surface area (Å²) in [6.07, 6.45) is 0. The van der Waals surface area contributed by atoms with Gasteiger partial charge in [0.1, 0.15) is 4.21 Å². The molecule has 0 aliphatic heterocycles. The molecule has 0 saturated heterocycles. The van der Waals surface area contributed by atoms with Gasteiger partial charge in [-0.25, -0.2) is 8.42 Å². The molecule has 0 atom stereocenters. The largest absolute Gasteiger partial charge is 0.334 e. The van der Waals surface area contributed by atoms with Crippen molar-refractivity contribution in [2.45, 2.75) is 18.1 Å². The van der Waals surface area contributed by atoms with Crippen molar-refractivity contribution in [1.29, 1.82) is 0 Å². The topological polar surface area (TPSA) is 85.1 Å². The van der Waals surface area contributed by atoms with Crippen molar-refractivity contribution < 1.29 is 12.9 Å². The maximum atomic E-state index is 12.3. The molecule has 4 rings (SSSR count). The van der Waals surface area contributed by atoms with Gasteiger partial charge in [0.05, 0.1) is 0 Å². The average Bonchev–Trinajstić information content (AvgIpc) is 3.35. The average molecular weight is 412 g/mol. The van der Waals surface area contributed by atoms with Crippen molar-refractivity contribution in [1.82, 2.24) is 10.1 Å². The molecule has 0 radical (unpaired) electrons. The molecule has 8 heteroatoms. The minimum absolute atomic E-state index is 0.271. The van der Waals surface area contributed by atoms with Crippen LogP contribution >= 0.6 is 11.3 Å².